The highest BCUT2D eigenvalue weighted by Crippen LogP contribution is 2.30. The lowest BCUT2D eigenvalue weighted by Crippen LogP contribution is -2.08. The Hall–Kier alpha value is -0.930. The number of anilines is 1. The third kappa shape index (κ3) is 3.29. The van der Waals surface area contributed by atoms with Crippen LogP contribution >= 0.6 is 11.6 Å². The molecule has 0 saturated carbocycles. The molecule has 1 aromatic carbocycles. The van der Waals surface area contributed by atoms with Crippen molar-refractivity contribution in [3.8, 4) is 5.75 Å². The first-order valence-electron chi connectivity index (χ1n) is 4.76. The largest absolute Gasteiger partial charge is 0.495 e. The molecule has 0 radical (unpaired) electrons. The van der Waals surface area contributed by atoms with E-state index in [0.29, 0.717) is 6.61 Å². The first kappa shape index (κ1) is 12.1. The molecule has 84 valence electrons. The molecule has 0 aliphatic rings. The van der Waals surface area contributed by atoms with Crippen LogP contribution in [0.4, 0.5) is 5.69 Å². The second-order valence-corrected chi connectivity index (χ2v) is 3.63. The van der Waals surface area contributed by atoms with Gasteiger partial charge in [0.05, 0.1) is 19.4 Å². The van der Waals surface area contributed by atoms with Gasteiger partial charge in [-0.05, 0) is 24.6 Å². The normalized spacial score (nSPS) is 10.1. The van der Waals surface area contributed by atoms with Crippen LogP contribution in [-0.4, -0.2) is 27.4 Å². The van der Waals surface area contributed by atoms with E-state index in [1.165, 1.54) is 0 Å². The molecule has 4 heteroatoms. The van der Waals surface area contributed by atoms with Crippen LogP contribution < -0.4 is 10.1 Å². The predicted molar refractivity (Wildman–Crippen MR) is 63.1 cm³/mol. The van der Waals surface area contributed by atoms with E-state index in [4.69, 9.17) is 21.1 Å². The summed E-state index contributed by atoms with van der Waals surface area (Å²) in [5.41, 5.74) is 1.90. The van der Waals surface area contributed by atoms with Gasteiger partial charge in [-0.15, -0.1) is 0 Å². The van der Waals surface area contributed by atoms with E-state index in [2.05, 4.69) is 5.32 Å². The summed E-state index contributed by atoms with van der Waals surface area (Å²) in [6.45, 7) is 3.32. The number of halogens is 1. The summed E-state index contributed by atoms with van der Waals surface area (Å²) < 4.78 is 10.2. The summed E-state index contributed by atoms with van der Waals surface area (Å²) in [5, 5.41) is 3.93. The zero-order valence-electron chi connectivity index (χ0n) is 9.26. The van der Waals surface area contributed by atoms with Crippen molar-refractivity contribution in [1.29, 1.82) is 0 Å². The van der Waals surface area contributed by atoms with Gasteiger partial charge in [0.15, 0.2) is 0 Å². The molecule has 0 aromatic heterocycles. The molecule has 1 aromatic rings. The van der Waals surface area contributed by atoms with Gasteiger partial charge in [0, 0.05) is 18.7 Å². The van der Waals surface area contributed by atoms with Gasteiger partial charge in [-0.2, -0.15) is 0 Å². The first-order chi connectivity index (χ1) is 7.19. The number of methoxy groups -OCH3 is 2. The van der Waals surface area contributed by atoms with Crippen molar-refractivity contribution >= 4 is 17.3 Å². The number of nitrogens with one attached hydrogen (secondary N) is 1. The lowest BCUT2D eigenvalue weighted by Gasteiger charge is -2.12. The molecule has 3 nitrogen and oxygen atoms in total. The number of benzene rings is 1. The van der Waals surface area contributed by atoms with Crippen LogP contribution in [0.5, 0.6) is 5.75 Å². The molecule has 0 atom stereocenters. The minimum Gasteiger partial charge on any atom is -0.495 e. The number of hydrogen-bond acceptors (Lipinski definition) is 3. The Morgan fingerprint density at radius 3 is 2.67 bits per heavy atom. The Kier molecular flexibility index (Phi) is 4.72. The second-order valence-electron chi connectivity index (χ2n) is 3.22. The van der Waals surface area contributed by atoms with E-state index in [0.717, 1.165) is 28.6 Å². The summed E-state index contributed by atoms with van der Waals surface area (Å²) in [4.78, 5) is 0. The summed E-state index contributed by atoms with van der Waals surface area (Å²) in [6.07, 6.45) is 0. The molecule has 15 heavy (non-hydrogen) atoms. The maximum atomic E-state index is 6.03. The van der Waals surface area contributed by atoms with Crippen LogP contribution in [0.25, 0.3) is 0 Å². The maximum Gasteiger partial charge on any atom is 0.142 e. The van der Waals surface area contributed by atoms with Crippen LogP contribution in [0.2, 0.25) is 5.02 Å². The average Bonchev–Trinajstić information content (AvgIpc) is 2.23. The fourth-order valence-corrected chi connectivity index (χ4v) is 1.41. The quantitative estimate of drug-likeness (QED) is 0.788. The summed E-state index contributed by atoms with van der Waals surface area (Å²) in [5.74, 6) is 0.799. The molecule has 0 aliphatic carbocycles. The second kappa shape index (κ2) is 5.83. The number of aryl methyl sites for hydroxylation is 1. The summed E-state index contributed by atoms with van der Waals surface area (Å²) >= 11 is 6.03. The Morgan fingerprint density at radius 2 is 2.07 bits per heavy atom. The summed E-state index contributed by atoms with van der Waals surface area (Å²) in [6, 6.07) is 3.78. The van der Waals surface area contributed by atoms with Crippen LogP contribution in [0.3, 0.4) is 0 Å². The molecule has 0 heterocycles. The lowest BCUT2D eigenvalue weighted by atomic mass is 10.2. The van der Waals surface area contributed by atoms with Crippen LogP contribution in [0, 0.1) is 6.92 Å². The highest BCUT2D eigenvalue weighted by Gasteiger charge is 2.05. The van der Waals surface area contributed by atoms with Crippen LogP contribution in [0.1, 0.15) is 5.56 Å². The van der Waals surface area contributed by atoms with Crippen molar-refractivity contribution < 1.29 is 9.47 Å². The van der Waals surface area contributed by atoms with Crippen molar-refractivity contribution in [2.45, 2.75) is 6.92 Å². The summed E-state index contributed by atoms with van der Waals surface area (Å²) in [7, 11) is 3.31. The minimum absolute atomic E-state index is 0.647. The molecule has 0 saturated heterocycles. The van der Waals surface area contributed by atoms with Crippen molar-refractivity contribution in [3.05, 3.63) is 22.7 Å². The molecular formula is C11H16ClNO2. The topological polar surface area (TPSA) is 30.5 Å². The molecule has 0 bridgehead atoms. The van der Waals surface area contributed by atoms with Gasteiger partial charge in [-0.25, -0.2) is 0 Å². The third-order valence-electron chi connectivity index (χ3n) is 2.10. The molecule has 0 amide bonds. The zero-order valence-corrected chi connectivity index (χ0v) is 10.0. The molecular weight excluding hydrogens is 214 g/mol. The predicted octanol–water partition coefficient (Wildman–Crippen LogP) is 2.72. The van der Waals surface area contributed by atoms with Gasteiger partial charge in [-0.3, -0.25) is 0 Å². The first-order valence-corrected chi connectivity index (χ1v) is 5.13. The van der Waals surface area contributed by atoms with E-state index >= 15 is 0 Å². The van der Waals surface area contributed by atoms with Gasteiger partial charge in [0.2, 0.25) is 0 Å². The van der Waals surface area contributed by atoms with Crippen molar-refractivity contribution in [2.75, 3.05) is 32.7 Å². The standard InChI is InChI=1S/C11H16ClNO2/c1-8-6-11(15-3)10(7-9(8)12)13-4-5-14-2/h6-7,13H,4-5H2,1-3H3. The molecule has 1 rings (SSSR count). The lowest BCUT2D eigenvalue weighted by molar-refractivity contribution is 0.210. The van der Waals surface area contributed by atoms with Crippen molar-refractivity contribution in [2.24, 2.45) is 0 Å². The SMILES string of the molecule is COCCNc1cc(Cl)c(C)cc1OC. The van der Waals surface area contributed by atoms with Crippen molar-refractivity contribution in [1.82, 2.24) is 0 Å². The van der Waals surface area contributed by atoms with Crippen LogP contribution in [0.15, 0.2) is 12.1 Å². The monoisotopic (exact) mass is 229 g/mol. The van der Waals surface area contributed by atoms with E-state index < -0.39 is 0 Å². The minimum atomic E-state index is 0.647. The molecule has 0 unspecified atom stereocenters. The van der Waals surface area contributed by atoms with Crippen molar-refractivity contribution in [3.63, 3.8) is 0 Å². The van der Waals surface area contributed by atoms with E-state index in [-0.39, 0.29) is 0 Å². The number of rotatable bonds is 5. The molecule has 1 N–H and O–H groups in total. The van der Waals surface area contributed by atoms with Gasteiger partial charge in [0.1, 0.15) is 5.75 Å². The van der Waals surface area contributed by atoms with Crippen LogP contribution in [-0.2, 0) is 4.74 Å². The van der Waals surface area contributed by atoms with Gasteiger partial charge in [-0.1, -0.05) is 11.6 Å². The Morgan fingerprint density at radius 1 is 1.33 bits per heavy atom. The van der Waals surface area contributed by atoms with E-state index in [1.807, 2.05) is 19.1 Å². The smallest absolute Gasteiger partial charge is 0.142 e. The average molecular weight is 230 g/mol. The molecule has 0 aliphatic heterocycles. The zero-order chi connectivity index (χ0) is 11.3. The maximum absolute atomic E-state index is 6.03. The van der Waals surface area contributed by atoms with Gasteiger partial charge >= 0.3 is 0 Å². The van der Waals surface area contributed by atoms with E-state index in [1.54, 1.807) is 14.2 Å². The highest BCUT2D eigenvalue weighted by atomic mass is 35.5. The molecule has 0 fully saturated rings. The Bertz CT molecular complexity index is 329. The van der Waals surface area contributed by atoms with E-state index in [9.17, 15) is 0 Å². The molecule has 0 spiro atoms. The fraction of sp³-hybridized carbons (Fsp3) is 0.455. The fourth-order valence-electron chi connectivity index (χ4n) is 1.25. The highest BCUT2D eigenvalue weighted by molar-refractivity contribution is 6.31. The Labute approximate surface area is 95.3 Å². The third-order valence-corrected chi connectivity index (χ3v) is 2.51. The number of hydrogen-bond donors (Lipinski definition) is 1. The number of ether oxygens (including phenoxy) is 2. The Balaban J connectivity index is 2.80. The van der Waals surface area contributed by atoms with Gasteiger partial charge < -0.3 is 14.8 Å². The van der Waals surface area contributed by atoms with Gasteiger partial charge in [0.25, 0.3) is 0 Å².